The first-order valence-electron chi connectivity index (χ1n) is 3.59. The predicted molar refractivity (Wildman–Crippen MR) is 37.6 cm³/mol. The molecule has 0 saturated carbocycles. The van der Waals surface area contributed by atoms with E-state index in [0.29, 0.717) is 0 Å². The fraction of sp³-hybridized carbons (Fsp3) is 0.857. The summed E-state index contributed by atoms with van der Waals surface area (Å²) in [6.07, 6.45) is 1.13. The van der Waals surface area contributed by atoms with Gasteiger partial charge in [0, 0.05) is 13.5 Å². The number of amides is 1. The Labute approximate surface area is 60.7 Å². The molecule has 1 amide bonds. The van der Waals surface area contributed by atoms with Gasteiger partial charge in [-0.3, -0.25) is 4.79 Å². The molecule has 1 aliphatic rings. The summed E-state index contributed by atoms with van der Waals surface area (Å²) in [6, 6.07) is 0.234. The van der Waals surface area contributed by atoms with Crippen LogP contribution in [0.5, 0.6) is 0 Å². The van der Waals surface area contributed by atoms with Crippen molar-refractivity contribution in [3.8, 4) is 0 Å². The number of carbonyl (C=O) groups is 1. The zero-order valence-corrected chi connectivity index (χ0v) is 6.39. The molecule has 2 atom stereocenters. The highest BCUT2D eigenvalue weighted by atomic mass is 16.5. The molecular weight excluding hydrogens is 130 g/mol. The number of rotatable bonds is 1. The Bertz CT molecular complexity index is 136. The van der Waals surface area contributed by atoms with Crippen molar-refractivity contribution in [2.24, 2.45) is 0 Å². The zero-order chi connectivity index (χ0) is 7.56. The van der Waals surface area contributed by atoms with E-state index in [0.717, 1.165) is 13.0 Å². The number of ether oxygens (including phenoxy) is 1. The summed E-state index contributed by atoms with van der Waals surface area (Å²) in [4.78, 5) is 10.6. The van der Waals surface area contributed by atoms with Crippen LogP contribution in [0.15, 0.2) is 0 Å². The molecular formula is C7H13NO2. The van der Waals surface area contributed by atoms with Crippen LogP contribution in [0.3, 0.4) is 0 Å². The molecule has 3 nitrogen and oxygen atoms in total. The second kappa shape index (κ2) is 3.01. The van der Waals surface area contributed by atoms with Gasteiger partial charge in [-0.15, -0.1) is 0 Å². The average Bonchev–Trinajstić information content (AvgIpc) is 2.15. The van der Waals surface area contributed by atoms with Crippen molar-refractivity contribution in [3.63, 3.8) is 0 Å². The molecule has 1 fully saturated rings. The Hall–Kier alpha value is -0.570. The molecule has 10 heavy (non-hydrogen) atoms. The molecule has 0 aromatic heterocycles. The molecule has 0 spiro atoms. The van der Waals surface area contributed by atoms with E-state index in [1.807, 2.05) is 6.92 Å². The third-order valence-electron chi connectivity index (χ3n) is 1.76. The van der Waals surface area contributed by atoms with Crippen molar-refractivity contribution in [2.45, 2.75) is 32.4 Å². The smallest absolute Gasteiger partial charge is 0.217 e. The second-order valence-electron chi connectivity index (χ2n) is 2.67. The monoisotopic (exact) mass is 143 g/mol. The molecule has 1 saturated heterocycles. The van der Waals surface area contributed by atoms with Crippen LogP contribution < -0.4 is 5.32 Å². The Morgan fingerprint density at radius 2 is 2.40 bits per heavy atom. The van der Waals surface area contributed by atoms with Gasteiger partial charge in [-0.05, 0) is 13.3 Å². The van der Waals surface area contributed by atoms with Crippen molar-refractivity contribution in [1.82, 2.24) is 5.32 Å². The van der Waals surface area contributed by atoms with Crippen LogP contribution in [-0.4, -0.2) is 24.7 Å². The molecule has 1 heterocycles. The number of carbonyl (C=O) groups excluding carboxylic acids is 1. The maximum atomic E-state index is 10.6. The molecule has 1 aliphatic heterocycles. The Morgan fingerprint density at radius 1 is 1.70 bits per heavy atom. The van der Waals surface area contributed by atoms with Crippen LogP contribution in [0, 0.1) is 0 Å². The first-order valence-corrected chi connectivity index (χ1v) is 3.59. The summed E-state index contributed by atoms with van der Waals surface area (Å²) >= 11 is 0. The minimum atomic E-state index is 0.0300. The van der Waals surface area contributed by atoms with Gasteiger partial charge in [0.1, 0.15) is 0 Å². The van der Waals surface area contributed by atoms with Crippen molar-refractivity contribution in [2.75, 3.05) is 6.61 Å². The van der Waals surface area contributed by atoms with Crippen molar-refractivity contribution in [1.29, 1.82) is 0 Å². The van der Waals surface area contributed by atoms with E-state index in [1.54, 1.807) is 0 Å². The summed E-state index contributed by atoms with van der Waals surface area (Å²) < 4.78 is 5.25. The highest BCUT2D eigenvalue weighted by Crippen LogP contribution is 2.11. The minimum Gasteiger partial charge on any atom is -0.376 e. The standard InChI is InChI=1S/C7H13NO2/c1-5-7(3-4-10-5)8-6(2)9/h5,7H,3-4H2,1-2H3,(H,8,9)/t5-,7-/m1/s1. The maximum absolute atomic E-state index is 10.6. The fourth-order valence-corrected chi connectivity index (χ4v) is 1.18. The van der Waals surface area contributed by atoms with Gasteiger partial charge >= 0.3 is 0 Å². The Balaban J connectivity index is 2.33. The highest BCUT2D eigenvalue weighted by Gasteiger charge is 2.24. The van der Waals surface area contributed by atoms with Crippen molar-refractivity contribution < 1.29 is 9.53 Å². The summed E-state index contributed by atoms with van der Waals surface area (Å²) in [5.41, 5.74) is 0. The van der Waals surface area contributed by atoms with E-state index >= 15 is 0 Å². The van der Waals surface area contributed by atoms with E-state index in [9.17, 15) is 4.79 Å². The largest absolute Gasteiger partial charge is 0.376 e. The van der Waals surface area contributed by atoms with Gasteiger partial charge in [0.2, 0.25) is 5.91 Å². The SMILES string of the molecule is CC(=O)N[C@@H]1CCO[C@@H]1C. The predicted octanol–water partition coefficient (Wildman–Crippen LogP) is 0.300. The van der Waals surface area contributed by atoms with E-state index in [4.69, 9.17) is 4.74 Å². The van der Waals surface area contributed by atoms with Crippen LogP contribution in [0.4, 0.5) is 0 Å². The van der Waals surface area contributed by atoms with Gasteiger partial charge in [-0.1, -0.05) is 0 Å². The normalized spacial score (nSPS) is 32.2. The van der Waals surface area contributed by atoms with Crippen LogP contribution in [0.25, 0.3) is 0 Å². The molecule has 3 heteroatoms. The third kappa shape index (κ3) is 1.70. The average molecular weight is 143 g/mol. The van der Waals surface area contributed by atoms with Gasteiger partial charge in [0.05, 0.1) is 12.1 Å². The lowest BCUT2D eigenvalue weighted by atomic mass is 10.1. The summed E-state index contributed by atoms with van der Waals surface area (Å²) in [6.45, 7) is 4.28. The lowest BCUT2D eigenvalue weighted by Gasteiger charge is -2.13. The van der Waals surface area contributed by atoms with Crippen molar-refractivity contribution in [3.05, 3.63) is 0 Å². The van der Waals surface area contributed by atoms with E-state index in [-0.39, 0.29) is 18.1 Å². The van der Waals surface area contributed by atoms with Gasteiger partial charge in [0.15, 0.2) is 0 Å². The van der Waals surface area contributed by atoms with E-state index < -0.39 is 0 Å². The first kappa shape index (κ1) is 7.54. The van der Waals surface area contributed by atoms with Crippen LogP contribution >= 0.6 is 0 Å². The quantitative estimate of drug-likeness (QED) is 0.573. The van der Waals surface area contributed by atoms with E-state index in [2.05, 4.69) is 5.32 Å². The Kier molecular flexibility index (Phi) is 2.27. The summed E-state index contributed by atoms with van der Waals surface area (Å²) in [7, 11) is 0. The van der Waals surface area contributed by atoms with Gasteiger partial charge in [-0.2, -0.15) is 0 Å². The molecule has 58 valence electrons. The topological polar surface area (TPSA) is 38.3 Å². The Morgan fingerprint density at radius 3 is 2.80 bits per heavy atom. The molecule has 0 aliphatic carbocycles. The fourth-order valence-electron chi connectivity index (χ4n) is 1.18. The maximum Gasteiger partial charge on any atom is 0.217 e. The zero-order valence-electron chi connectivity index (χ0n) is 6.39. The summed E-state index contributed by atoms with van der Waals surface area (Å²) in [5.74, 6) is 0.0300. The number of hydrogen-bond acceptors (Lipinski definition) is 2. The molecule has 0 aromatic carbocycles. The lowest BCUT2D eigenvalue weighted by Crippen LogP contribution is -2.37. The number of hydrogen-bond donors (Lipinski definition) is 1. The lowest BCUT2D eigenvalue weighted by molar-refractivity contribution is -0.120. The molecule has 0 radical (unpaired) electrons. The molecule has 1 rings (SSSR count). The molecule has 0 bridgehead atoms. The van der Waals surface area contributed by atoms with Gasteiger partial charge in [0.25, 0.3) is 0 Å². The third-order valence-corrected chi connectivity index (χ3v) is 1.76. The van der Waals surface area contributed by atoms with E-state index in [1.165, 1.54) is 6.92 Å². The first-order chi connectivity index (χ1) is 4.70. The molecule has 0 unspecified atom stereocenters. The van der Waals surface area contributed by atoms with Crippen LogP contribution in [0.1, 0.15) is 20.3 Å². The minimum absolute atomic E-state index is 0.0300. The number of nitrogens with one attached hydrogen (secondary N) is 1. The molecule has 1 N–H and O–H groups in total. The summed E-state index contributed by atoms with van der Waals surface area (Å²) in [5, 5.41) is 2.83. The highest BCUT2D eigenvalue weighted by molar-refractivity contribution is 5.73. The van der Waals surface area contributed by atoms with Gasteiger partial charge < -0.3 is 10.1 Å². The molecule has 0 aromatic rings. The van der Waals surface area contributed by atoms with Crippen LogP contribution in [0.2, 0.25) is 0 Å². The van der Waals surface area contributed by atoms with Crippen molar-refractivity contribution >= 4 is 5.91 Å². The van der Waals surface area contributed by atoms with Crippen LogP contribution in [-0.2, 0) is 9.53 Å². The van der Waals surface area contributed by atoms with Gasteiger partial charge in [-0.25, -0.2) is 0 Å². The second-order valence-corrected chi connectivity index (χ2v) is 2.67.